The summed E-state index contributed by atoms with van der Waals surface area (Å²) >= 11 is 0. The molecule has 9 rings (SSSR count). The largest absolute Gasteiger partial charge is 0.113 e. The zero-order valence-corrected chi connectivity index (χ0v) is 27.6. The fraction of sp³-hybridized carbons (Fsp3) is 0.0816. The van der Waals surface area contributed by atoms with Gasteiger partial charge < -0.3 is 0 Å². The molecule has 0 aliphatic heterocycles. The van der Waals surface area contributed by atoms with E-state index in [-0.39, 0.29) is 0 Å². The van der Waals surface area contributed by atoms with Crippen LogP contribution in [0.5, 0.6) is 0 Å². The third kappa shape index (κ3) is 5.28. The van der Waals surface area contributed by atoms with Gasteiger partial charge in [-0.25, -0.2) is 0 Å². The summed E-state index contributed by atoms with van der Waals surface area (Å²) < 4.78 is 0. The minimum Gasteiger partial charge on any atom is -0.113 e. The van der Waals surface area contributed by atoms with E-state index in [1.807, 2.05) is 12.2 Å². The maximum Gasteiger partial charge on any atom is 0.0164 e. The molecule has 0 saturated heterocycles. The van der Waals surface area contributed by atoms with E-state index >= 15 is 0 Å². The first kappa shape index (κ1) is 29.2. The van der Waals surface area contributed by atoms with Crippen molar-refractivity contribution in [2.45, 2.75) is 19.3 Å². The van der Waals surface area contributed by atoms with Gasteiger partial charge in [0.25, 0.3) is 0 Å². The predicted octanol–water partition coefficient (Wildman–Crippen LogP) is 13.2. The summed E-state index contributed by atoms with van der Waals surface area (Å²) in [5.74, 6) is 0.952. The van der Waals surface area contributed by atoms with Crippen molar-refractivity contribution < 1.29 is 0 Å². The molecule has 0 amide bonds. The van der Waals surface area contributed by atoms with E-state index in [1.54, 1.807) is 0 Å². The Bertz CT molecular complexity index is 2510. The normalized spacial score (nSPS) is 16.9. The molecule has 2 aliphatic carbocycles. The molecule has 7 aromatic carbocycles. The van der Waals surface area contributed by atoms with Gasteiger partial charge in [0.1, 0.15) is 0 Å². The van der Waals surface area contributed by atoms with E-state index < -0.39 is 0 Å². The Morgan fingerprint density at radius 1 is 0.571 bits per heavy atom. The van der Waals surface area contributed by atoms with Gasteiger partial charge in [-0.2, -0.15) is 0 Å². The van der Waals surface area contributed by atoms with Gasteiger partial charge in [-0.05, 0) is 125 Å². The Kier molecular flexibility index (Phi) is 7.31. The second kappa shape index (κ2) is 12.3. The highest BCUT2D eigenvalue weighted by Crippen LogP contribution is 2.46. The van der Waals surface area contributed by atoms with Crippen LogP contribution in [0.1, 0.15) is 24.0 Å². The fourth-order valence-corrected chi connectivity index (χ4v) is 8.03. The van der Waals surface area contributed by atoms with Gasteiger partial charge in [-0.1, -0.05) is 153 Å². The first-order valence-corrected chi connectivity index (χ1v) is 17.4. The maximum absolute atomic E-state index is 3.24. The van der Waals surface area contributed by atoms with Crippen molar-refractivity contribution in [3.63, 3.8) is 0 Å². The van der Waals surface area contributed by atoms with Gasteiger partial charge in [0, 0.05) is 5.57 Å². The van der Waals surface area contributed by atoms with Gasteiger partial charge >= 0.3 is 0 Å². The average Bonchev–Trinajstić information content (AvgIpc) is 3.79. The summed E-state index contributed by atoms with van der Waals surface area (Å²) in [7, 11) is 0. The lowest BCUT2D eigenvalue weighted by molar-refractivity contribution is 0.591. The fourth-order valence-electron chi connectivity index (χ4n) is 8.03. The molecule has 49 heavy (non-hydrogen) atoms. The highest BCUT2D eigenvalue weighted by atomic mass is 14.3. The van der Waals surface area contributed by atoms with Crippen LogP contribution in [0.3, 0.4) is 0 Å². The van der Waals surface area contributed by atoms with E-state index in [2.05, 4.69) is 176 Å². The highest BCUT2D eigenvalue weighted by molar-refractivity contribution is 6.21. The van der Waals surface area contributed by atoms with Crippen molar-refractivity contribution in [1.29, 1.82) is 0 Å². The van der Waals surface area contributed by atoms with Gasteiger partial charge in [0.05, 0.1) is 0 Å². The van der Waals surface area contributed by atoms with Crippen LogP contribution in [0.2, 0.25) is 0 Å². The van der Waals surface area contributed by atoms with Gasteiger partial charge in [0.2, 0.25) is 0 Å². The molecule has 232 valence electrons. The van der Waals surface area contributed by atoms with Gasteiger partial charge in [-0.15, -0.1) is 5.73 Å². The van der Waals surface area contributed by atoms with Gasteiger partial charge in [0.15, 0.2) is 0 Å². The molecule has 0 fully saturated rings. The van der Waals surface area contributed by atoms with E-state index in [9.17, 15) is 0 Å². The molecule has 0 spiro atoms. The second-order valence-corrected chi connectivity index (χ2v) is 13.4. The van der Waals surface area contributed by atoms with E-state index in [1.165, 1.54) is 76.8 Å². The SMILES string of the molecule is CC1c2cc(-c3c4ccccc4c(-c4ccc5cc(-c6ccccc6)ccc5c4)c4ccccc34)ccc2CC1/C=C\C=CC1=C=CC=C1. The lowest BCUT2D eigenvalue weighted by Gasteiger charge is -2.19. The lowest BCUT2D eigenvalue weighted by Crippen LogP contribution is -2.00. The van der Waals surface area contributed by atoms with Crippen LogP contribution >= 0.6 is 0 Å². The first-order valence-electron chi connectivity index (χ1n) is 17.4. The summed E-state index contributed by atoms with van der Waals surface area (Å²) in [6.07, 6.45) is 16.0. The van der Waals surface area contributed by atoms with E-state index in [0.717, 1.165) is 12.0 Å². The van der Waals surface area contributed by atoms with Crippen molar-refractivity contribution in [2.24, 2.45) is 5.92 Å². The maximum atomic E-state index is 3.24. The van der Waals surface area contributed by atoms with Crippen molar-refractivity contribution in [3.8, 4) is 33.4 Å². The molecular weight excluding hydrogens is 589 g/mol. The summed E-state index contributed by atoms with van der Waals surface area (Å²) in [5.41, 5.74) is 15.0. The molecule has 2 aliphatic rings. The van der Waals surface area contributed by atoms with E-state index in [0.29, 0.717) is 11.8 Å². The minimum atomic E-state index is 0.460. The van der Waals surface area contributed by atoms with Crippen LogP contribution in [0, 0.1) is 5.92 Å². The molecule has 0 radical (unpaired) electrons. The third-order valence-corrected chi connectivity index (χ3v) is 10.6. The van der Waals surface area contributed by atoms with Crippen LogP contribution < -0.4 is 0 Å². The van der Waals surface area contributed by atoms with Crippen LogP contribution in [0.15, 0.2) is 187 Å². The second-order valence-electron chi connectivity index (χ2n) is 13.4. The van der Waals surface area contributed by atoms with Crippen LogP contribution in [0.4, 0.5) is 0 Å². The number of hydrogen-bond donors (Lipinski definition) is 0. The lowest BCUT2D eigenvalue weighted by atomic mass is 9.84. The first-order chi connectivity index (χ1) is 24.2. The smallest absolute Gasteiger partial charge is 0.0164 e. The number of fused-ring (bicyclic) bond motifs is 4. The van der Waals surface area contributed by atoms with Crippen LogP contribution in [0.25, 0.3) is 65.7 Å². The molecule has 2 atom stereocenters. The average molecular weight is 625 g/mol. The zero-order chi connectivity index (χ0) is 32.7. The number of hydrogen-bond acceptors (Lipinski definition) is 0. The monoisotopic (exact) mass is 624 g/mol. The molecular formula is C49H36. The topological polar surface area (TPSA) is 0 Å². The van der Waals surface area contributed by atoms with Crippen LogP contribution in [-0.2, 0) is 6.42 Å². The Morgan fingerprint density at radius 2 is 1.16 bits per heavy atom. The Hall–Kier alpha value is -5.94. The third-order valence-electron chi connectivity index (χ3n) is 10.6. The number of rotatable bonds is 6. The van der Waals surface area contributed by atoms with Gasteiger partial charge in [-0.3, -0.25) is 0 Å². The Labute approximate surface area is 288 Å². The van der Waals surface area contributed by atoms with Crippen molar-refractivity contribution in [2.75, 3.05) is 0 Å². The Balaban J connectivity index is 1.13. The van der Waals surface area contributed by atoms with E-state index in [4.69, 9.17) is 0 Å². The molecule has 0 N–H and O–H groups in total. The quantitative estimate of drug-likeness (QED) is 0.0981. The van der Waals surface area contributed by atoms with Crippen molar-refractivity contribution in [1.82, 2.24) is 0 Å². The minimum absolute atomic E-state index is 0.460. The highest BCUT2D eigenvalue weighted by Gasteiger charge is 2.28. The summed E-state index contributed by atoms with van der Waals surface area (Å²) in [6, 6.07) is 49.6. The molecule has 2 unspecified atom stereocenters. The molecule has 0 heteroatoms. The molecule has 0 saturated carbocycles. The zero-order valence-electron chi connectivity index (χ0n) is 27.6. The summed E-state index contributed by atoms with van der Waals surface area (Å²) in [6.45, 7) is 2.39. The molecule has 0 aromatic heterocycles. The number of benzene rings is 7. The predicted molar refractivity (Wildman–Crippen MR) is 210 cm³/mol. The summed E-state index contributed by atoms with van der Waals surface area (Å²) in [5, 5.41) is 7.69. The standard InChI is InChI=1S/C49H36/c1-33-36(18-8-7-15-34-13-5-6-14-34)29-40-26-28-42(32-47(33)40)49-45-21-11-9-19-43(45)48(44-20-10-12-22-46(44)49)41-27-25-38-30-37(23-24-39(38)31-41)35-16-3-2-4-17-35/h2-13,15-28,30-33,36H,29H2,1H3/b15-7?,18-8-. The van der Waals surface area contributed by atoms with Crippen molar-refractivity contribution >= 4 is 32.3 Å². The van der Waals surface area contributed by atoms with Crippen molar-refractivity contribution in [3.05, 3.63) is 198 Å². The molecule has 0 heterocycles. The summed E-state index contributed by atoms with van der Waals surface area (Å²) in [4.78, 5) is 0. The van der Waals surface area contributed by atoms with Crippen LogP contribution in [-0.4, -0.2) is 0 Å². The molecule has 7 aromatic rings. The molecule has 0 bridgehead atoms. The molecule has 0 nitrogen and oxygen atoms in total. The number of allylic oxidation sites excluding steroid dienone is 7. The Morgan fingerprint density at radius 3 is 1.82 bits per heavy atom.